The number of aliphatic carboxylic acids is 2. The molecular formula is C21H25N3O5. The van der Waals surface area contributed by atoms with E-state index in [9.17, 15) is 19.5 Å². The summed E-state index contributed by atoms with van der Waals surface area (Å²) in [6, 6.07) is 4.36. The monoisotopic (exact) mass is 399 g/mol. The molecule has 0 unspecified atom stereocenters. The summed E-state index contributed by atoms with van der Waals surface area (Å²) in [5, 5.41) is 21.9. The Morgan fingerprint density at radius 3 is 2.48 bits per heavy atom. The molecule has 0 radical (unpaired) electrons. The summed E-state index contributed by atoms with van der Waals surface area (Å²) in [4.78, 5) is 39.7. The van der Waals surface area contributed by atoms with E-state index in [1.54, 1.807) is 24.4 Å². The van der Waals surface area contributed by atoms with Crippen LogP contribution in [0.25, 0.3) is 10.9 Å². The molecule has 1 aliphatic heterocycles. The summed E-state index contributed by atoms with van der Waals surface area (Å²) >= 11 is 0. The highest BCUT2D eigenvalue weighted by atomic mass is 16.4. The van der Waals surface area contributed by atoms with Crippen molar-refractivity contribution in [3.05, 3.63) is 42.1 Å². The van der Waals surface area contributed by atoms with Crippen LogP contribution in [-0.2, 0) is 14.4 Å². The number of nitrogens with zero attached hydrogens (tertiary/aromatic N) is 1. The van der Waals surface area contributed by atoms with Crippen molar-refractivity contribution in [3.63, 3.8) is 0 Å². The zero-order valence-electron chi connectivity index (χ0n) is 16.4. The molecule has 0 spiro atoms. The molecule has 1 amide bonds. The number of rotatable bonds is 6. The maximum Gasteiger partial charge on any atom is 0.328 e. The van der Waals surface area contributed by atoms with Crippen LogP contribution >= 0.6 is 0 Å². The van der Waals surface area contributed by atoms with E-state index in [2.05, 4.69) is 24.1 Å². The van der Waals surface area contributed by atoms with Gasteiger partial charge in [0, 0.05) is 53.6 Å². The van der Waals surface area contributed by atoms with Gasteiger partial charge in [-0.2, -0.15) is 0 Å². The molecule has 3 rings (SSSR count). The van der Waals surface area contributed by atoms with E-state index in [1.165, 1.54) is 0 Å². The number of hydrogen-bond donors (Lipinski definition) is 4. The lowest BCUT2D eigenvalue weighted by molar-refractivity contribution is -0.144. The van der Waals surface area contributed by atoms with Crippen LogP contribution in [0.15, 0.2) is 36.5 Å². The van der Waals surface area contributed by atoms with Gasteiger partial charge < -0.3 is 20.5 Å². The number of H-pyrrole nitrogens is 1. The first kappa shape index (κ1) is 20.6. The number of benzene rings is 1. The minimum absolute atomic E-state index is 0.418. The number of carbonyl (C=O) groups excluding carboxylic acids is 1. The van der Waals surface area contributed by atoms with Crippen LogP contribution in [0.2, 0.25) is 0 Å². The molecule has 1 aliphatic rings. The van der Waals surface area contributed by atoms with Gasteiger partial charge in [-0.25, -0.2) is 4.79 Å². The molecule has 2 heterocycles. The molecule has 1 saturated heterocycles. The van der Waals surface area contributed by atoms with Gasteiger partial charge in [-0.1, -0.05) is 13.8 Å². The number of nitrogens with one attached hydrogen (secondary N) is 2. The summed E-state index contributed by atoms with van der Waals surface area (Å²) in [5.41, 5.74) is 1.87. The van der Waals surface area contributed by atoms with Crippen molar-refractivity contribution in [2.45, 2.75) is 26.3 Å². The number of amides is 1. The van der Waals surface area contributed by atoms with Gasteiger partial charge in [0.1, 0.15) is 6.04 Å². The molecule has 8 nitrogen and oxygen atoms in total. The molecule has 3 atom stereocenters. The molecule has 1 aromatic heterocycles. The van der Waals surface area contributed by atoms with E-state index in [-0.39, 0.29) is 0 Å². The Labute approximate surface area is 168 Å². The highest BCUT2D eigenvalue weighted by molar-refractivity contribution is 6.03. The van der Waals surface area contributed by atoms with E-state index in [4.69, 9.17) is 5.11 Å². The number of aromatic nitrogens is 1. The summed E-state index contributed by atoms with van der Waals surface area (Å²) in [6.07, 6.45) is 4.48. The number of carboxylic acid groups (broad SMARTS) is 2. The van der Waals surface area contributed by atoms with Gasteiger partial charge in [0.15, 0.2) is 0 Å². The van der Waals surface area contributed by atoms with E-state index in [0.717, 1.165) is 24.1 Å². The van der Waals surface area contributed by atoms with E-state index in [0.29, 0.717) is 41.6 Å². The fourth-order valence-corrected chi connectivity index (χ4v) is 4.18. The number of fused-ring (bicyclic) bond motifs is 1. The molecule has 1 fully saturated rings. The van der Waals surface area contributed by atoms with Crippen LogP contribution in [0.5, 0.6) is 0 Å². The lowest BCUT2D eigenvalue weighted by atomic mass is 9.89. The van der Waals surface area contributed by atoms with E-state index in [1.807, 2.05) is 4.90 Å². The average molecular weight is 399 g/mol. The van der Waals surface area contributed by atoms with Crippen molar-refractivity contribution in [1.82, 2.24) is 9.88 Å². The first-order valence-electron chi connectivity index (χ1n) is 9.54. The van der Waals surface area contributed by atoms with Crippen LogP contribution in [-0.4, -0.2) is 51.0 Å². The predicted octanol–water partition coefficient (Wildman–Crippen LogP) is 2.85. The molecule has 0 saturated carbocycles. The average Bonchev–Trinajstić information content (AvgIpc) is 3.02. The SMILES string of the molecule is C[C@@H]1C[C@H](C)CN([C@H](C(=O)O)c2c[nH]c3ccc(NC(=O)/C=C/C(=O)O)cc23)C1. The van der Waals surface area contributed by atoms with Gasteiger partial charge in [-0.05, 0) is 36.5 Å². The number of likely N-dealkylation sites (tertiary alicyclic amines) is 1. The van der Waals surface area contributed by atoms with Crippen LogP contribution in [0.3, 0.4) is 0 Å². The van der Waals surface area contributed by atoms with Gasteiger partial charge in [-0.3, -0.25) is 14.5 Å². The second kappa shape index (κ2) is 8.48. The Balaban J connectivity index is 1.92. The number of carboxylic acids is 2. The van der Waals surface area contributed by atoms with Gasteiger partial charge in [-0.15, -0.1) is 0 Å². The van der Waals surface area contributed by atoms with E-state index < -0.39 is 23.9 Å². The molecule has 8 heteroatoms. The molecule has 154 valence electrons. The number of carbonyl (C=O) groups is 3. The maximum absolute atomic E-state index is 12.2. The van der Waals surface area contributed by atoms with Crippen LogP contribution < -0.4 is 5.32 Å². The fraction of sp³-hybridized carbons (Fsp3) is 0.381. The van der Waals surface area contributed by atoms with Crippen molar-refractivity contribution in [2.75, 3.05) is 18.4 Å². The molecule has 2 aromatic rings. The first-order chi connectivity index (χ1) is 13.7. The second-order valence-electron chi connectivity index (χ2n) is 7.81. The standard InChI is InChI=1S/C21H25N3O5/c1-12-7-13(2)11-24(10-12)20(21(28)29)16-9-22-17-4-3-14(8-15(16)17)23-18(25)5-6-19(26)27/h3-6,8-9,12-13,20,22H,7,10-11H2,1-2H3,(H,23,25)(H,26,27)(H,28,29)/b6-5+/t12-,13+,20-/m0/s1. The molecule has 0 bridgehead atoms. The van der Waals surface area contributed by atoms with Crippen LogP contribution in [0.4, 0.5) is 5.69 Å². The third-order valence-corrected chi connectivity index (χ3v) is 5.15. The van der Waals surface area contributed by atoms with Crippen molar-refractivity contribution in [3.8, 4) is 0 Å². The van der Waals surface area contributed by atoms with Gasteiger partial charge in [0.05, 0.1) is 0 Å². The van der Waals surface area contributed by atoms with Crippen molar-refractivity contribution in [2.24, 2.45) is 11.8 Å². The van der Waals surface area contributed by atoms with Crippen molar-refractivity contribution >= 4 is 34.4 Å². The van der Waals surface area contributed by atoms with Gasteiger partial charge >= 0.3 is 11.9 Å². The normalized spacial score (nSPS) is 21.3. The Morgan fingerprint density at radius 2 is 1.86 bits per heavy atom. The fourth-order valence-electron chi connectivity index (χ4n) is 4.18. The maximum atomic E-state index is 12.2. The topological polar surface area (TPSA) is 123 Å². The van der Waals surface area contributed by atoms with Crippen molar-refractivity contribution in [1.29, 1.82) is 0 Å². The molecule has 4 N–H and O–H groups in total. The zero-order chi connectivity index (χ0) is 21.1. The number of hydrogen-bond acceptors (Lipinski definition) is 4. The summed E-state index contributed by atoms with van der Waals surface area (Å²) in [7, 11) is 0. The molecule has 1 aromatic carbocycles. The minimum atomic E-state index is -1.21. The predicted molar refractivity (Wildman–Crippen MR) is 109 cm³/mol. The van der Waals surface area contributed by atoms with Crippen LogP contribution in [0, 0.1) is 11.8 Å². The summed E-state index contributed by atoms with van der Waals surface area (Å²) in [5.74, 6) is -1.86. The Bertz CT molecular complexity index is 954. The quantitative estimate of drug-likeness (QED) is 0.554. The van der Waals surface area contributed by atoms with Crippen molar-refractivity contribution < 1.29 is 24.6 Å². The largest absolute Gasteiger partial charge is 0.480 e. The summed E-state index contributed by atoms with van der Waals surface area (Å²) in [6.45, 7) is 5.69. The van der Waals surface area contributed by atoms with E-state index >= 15 is 0 Å². The van der Waals surface area contributed by atoms with Gasteiger partial charge in [0.25, 0.3) is 0 Å². The molecular weight excluding hydrogens is 374 g/mol. The third kappa shape index (κ3) is 4.83. The number of piperidine rings is 1. The highest BCUT2D eigenvalue weighted by Gasteiger charge is 2.34. The minimum Gasteiger partial charge on any atom is -0.480 e. The summed E-state index contributed by atoms with van der Waals surface area (Å²) < 4.78 is 0. The second-order valence-corrected chi connectivity index (χ2v) is 7.81. The zero-order valence-corrected chi connectivity index (χ0v) is 16.4. The molecule has 0 aliphatic carbocycles. The lowest BCUT2D eigenvalue weighted by Gasteiger charge is -2.38. The molecule has 29 heavy (non-hydrogen) atoms. The highest BCUT2D eigenvalue weighted by Crippen LogP contribution is 2.34. The number of anilines is 1. The third-order valence-electron chi connectivity index (χ3n) is 5.15. The lowest BCUT2D eigenvalue weighted by Crippen LogP contribution is -2.43. The number of aromatic amines is 1. The van der Waals surface area contributed by atoms with Crippen LogP contribution in [0.1, 0.15) is 31.9 Å². The Kier molecular flexibility index (Phi) is 6.03. The first-order valence-corrected chi connectivity index (χ1v) is 9.54. The Hall–Kier alpha value is -3.13. The Morgan fingerprint density at radius 1 is 1.17 bits per heavy atom. The van der Waals surface area contributed by atoms with Gasteiger partial charge in [0.2, 0.25) is 5.91 Å². The smallest absolute Gasteiger partial charge is 0.328 e.